The van der Waals surface area contributed by atoms with Crippen molar-refractivity contribution < 1.29 is 5.11 Å². The first-order valence-electron chi connectivity index (χ1n) is 4.65. The van der Waals surface area contributed by atoms with Crippen LogP contribution in [0.4, 0.5) is 0 Å². The van der Waals surface area contributed by atoms with Crippen molar-refractivity contribution in [3.8, 4) is 0 Å². The number of rotatable bonds is 4. The van der Waals surface area contributed by atoms with Crippen LogP contribution in [0.1, 0.15) is 18.9 Å². The zero-order valence-corrected chi connectivity index (χ0v) is 8.25. The lowest BCUT2D eigenvalue weighted by Gasteiger charge is -2.26. The summed E-state index contributed by atoms with van der Waals surface area (Å²) in [6.07, 6.45) is 1.36. The number of hydrogen-bond acceptors (Lipinski definition) is 2. The van der Waals surface area contributed by atoms with Crippen LogP contribution in [0.15, 0.2) is 30.3 Å². The average molecular weight is 179 g/mol. The van der Waals surface area contributed by atoms with Gasteiger partial charge >= 0.3 is 0 Å². The summed E-state index contributed by atoms with van der Waals surface area (Å²) in [6.45, 7) is 1.97. The Labute approximate surface area is 79.6 Å². The summed E-state index contributed by atoms with van der Waals surface area (Å²) in [5.41, 5.74) is 0.391. The fraction of sp³-hybridized carbons (Fsp3) is 0.455. The normalized spacial score (nSPS) is 15.3. The highest BCUT2D eigenvalue weighted by molar-refractivity contribution is 5.16. The third-order valence-electron chi connectivity index (χ3n) is 2.39. The summed E-state index contributed by atoms with van der Waals surface area (Å²) in [4.78, 5) is 0. The molecule has 0 saturated carbocycles. The van der Waals surface area contributed by atoms with Crippen molar-refractivity contribution in [2.24, 2.45) is 0 Å². The molecule has 0 aliphatic heterocycles. The van der Waals surface area contributed by atoms with Crippen molar-refractivity contribution in [1.82, 2.24) is 5.32 Å². The summed E-state index contributed by atoms with van der Waals surface area (Å²) in [6, 6.07) is 10.0. The quantitative estimate of drug-likeness (QED) is 0.687. The molecule has 2 nitrogen and oxygen atoms in total. The smallest absolute Gasteiger partial charge is 0.119 e. The minimum atomic E-state index is -0.763. The van der Waals surface area contributed by atoms with E-state index in [0.717, 1.165) is 5.56 Å². The van der Waals surface area contributed by atoms with Gasteiger partial charge in [0, 0.05) is 6.42 Å². The first-order chi connectivity index (χ1) is 6.20. The molecule has 0 fully saturated rings. The predicted octanol–water partition coefficient (Wildman–Crippen LogP) is 1.55. The molecular formula is C11H17NO. The first-order valence-corrected chi connectivity index (χ1v) is 4.65. The van der Waals surface area contributed by atoms with Crippen molar-refractivity contribution >= 4 is 0 Å². The number of aliphatic hydroxyl groups is 1. The highest BCUT2D eigenvalue weighted by Crippen LogP contribution is 2.13. The molecule has 0 spiro atoms. The largest absolute Gasteiger partial charge is 0.376 e. The predicted molar refractivity (Wildman–Crippen MR) is 54.4 cm³/mol. The van der Waals surface area contributed by atoms with Crippen LogP contribution in [-0.2, 0) is 6.42 Å². The molecule has 1 atom stereocenters. The third kappa shape index (κ3) is 2.83. The molecule has 13 heavy (non-hydrogen) atoms. The van der Waals surface area contributed by atoms with Gasteiger partial charge in [-0.3, -0.25) is 5.32 Å². The lowest BCUT2D eigenvalue weighted by atomic mass is 10.0. The number of nitrogens with one attached hydrogen (secondary N) is 1. The van der Waals surface area contributed by atoms with Gasteiger partial charge in [-0.1, -0.05) is 37.3 Å². The van der Waals surface area contributed by atoms with Crippen molar-refractivity contribution in [2.45, 2.75) is 25.5 Å². The molecule has 0 aliphatic carbocycles. The van der Waals surface area contributed by atoms with Crippen molar-refractivity contribution in [3.63, 3.8) is 0 Å². The maximum atomic E-state index is 9.97. The van der Waals surface area contributed by atoms with E-state index in [1.54, 1.807) is 7.05 Å². The SMILES string of the molecule is CCC(O)(Cc1ccccc1)NC. The molecule has 0 saturated heterocycles. The fourth-order valence-corrected chi connectivity index (χ4v) is 1.32. The third-order valence-corrected chi connectivity index (χ3v) is 2.39. The Morgan fingerprint density at radius 3 is 2.38 bits per heavy atom. The fourth-order valence-electron chi connectivity index (χ4n) is 1.32. The second-order valence-electron chi connectivity index (χ2n) is 3.30. The Bertz CT molecular complexity index is 242. The minimum Gasteiger partial charge on any atom is -0.376 e. The van der Waals surface area contributed by atoms with Crippen LogP contribution in [-0.4, -0.2) is 17.9 Å². The molecule has 0 aromatic heterocycles. The van der Waals surface area contributed by atoms with E-state index in [2.05, 4.69) is 5.32 Å². The van der Waals surface area contributed by atoms with E-state index in [0.29, 0.717) is 12.8 Å². The van der Waals surface area contributed by atoms with Crippen LogP contribution >= 0.6 is 0 Å². The maximum absolute atomic E-state index is 9.97. The molecule has 2 N–H and O–H groups in total. The number of hydrogen-bond donors (Lipinski definition) is 2. The molecule has 0 bridgehead atoms. The standard InChI is InChI=1S/C11H17NO/c1-3-11(13,12-2)9-10-7-5-4-6-8-10/h4-8,12-13H,3,9H2,1-2H3. The van der Waals surface area contributed by atoms with E-state index in [1.807, 2.05) is 37.3 Å². The van der Waals surface area contributed by atoms with Gasteiger partial charge in [0.2, 0.25) is 0 Å². The molecule has 1 aromatic rings. The molecule has 1 unspecified atom stereocenters. The van der Waals surface area contributed by atoms with Gasteiger partial charge in [-0.2, -0.15) is 0 Å². The molecule has 0 radical (unpaired) electrons. The second-order valence-corrected chi connectivity index (χ2v) is 3.30. The Morgan fingerprint density at radius 2 is 1.92 bits per heavy atom. The van der Waals surface area contributed by atoms with E-state index in [1.165, 1.54) is 0 Å². The molecular weight excluding hydrogens is 162 g/mol. The molecule has 1 aromatic carbocycles. The topological polar surface area (TPSA) is 32.3 Å². The maximum Gasteiger partial charge on any atom is 0.119 e. The van der Waals surface area contributed by atoms with Crippen molar-refractivity contribution in [1.29, 1.82) is 0 Å². The molecule has 72 valence electrons. The van der Waals surface area contributed by atoms with Crippen molar-refractivity contribution in [3.05, 3.63) is 35.9 Å². The van der Waals surface area contributed by atoms with Crippen LogP contribution in [0.25, 0.3) is 0 Å². The monoisotopic (exact) mass is 179 g/mol. The van der Waals surface area contributed by atoms with E-state index < -0.39 is 5.72 Å². The minimum absolute atomic E-state index is 0.654. The summed E-state index contributed by atoms with van der Waals surface area (Å²) in [5, 5.41) is 12.9. The number of benzene rings is 1. The molecule has 0 amide bonds. The van der Waals surface area contributed by atoms with Gasteiger partial charge in [-0.15, -0.1) is 0 Å². The first kappa shape index (κ1) is 10.2. The highest BCUT2D eigenvalue weighted by Gasteiger charge is 2.21. The van der Waals surface area contributed by atoms with Gasteiger partial charge in [0.1, 0.15) is 5.72 Å². The van der Waals surface area contributed by atoms with Gasteiger partial charge in [-0.25, -0.2) is 0 Å². The summed E-state index contributed by atoms with van der Waals surface area (Å²) < 4.78 is 0. The molecule has 0 heterocycles. The van der Waals surface area contributed by atoms with Crippen LogP contribution in [0.3, 0.4) is 0 Å². The van der Waals surface area contributed by atoms with Gasteiger partial charge in [0.15, 0.2) is 0 Å². The molecule has 0 aliphatic rings. The van der Waals surface area contributed by atoms with Crippen LogP contribution in [0, 0.1) is 0 Å². The zero-order valence-electron chi connectivity index (χ0n) is 8.25. The highest BCUT2D eigenvalue weighted by atomic mass is 16.3. The summed E-state index contributed by atoms with van der Waals surface area (Å²) in [5.74, 6) is 0. The molecule has 2 heteroatoms. The van der Waals surface area contributed by atoms with Crippen molar-refractivity contribution in [2.75, 3.05) is 7.05 Å². The molecule has 1 rings (SSSR count). The Hall–Kier alpha value is -0.860. The van der Waals surface area contributed by atoms with Crippen LogP contribution in [0.2, 0.25) is 0 Å². The lowest BCUT2D eigenvalue weighted by molar-refractivity contribution is 0.00932. The summed E-state index contributed by atoms with van der Waals surface area (Å²) in [7, 11) is 1.78. The van der Waals surface area contributed by atoms with E-state index in [-0.39, 0.29) is 0 Å². The second kappa shape index (κ2) is 4.40. The Balaban J connectivity index is 2.68. The van der Waals surface area contributed by atoms with Crippen LogP contribution in [0.5, 0.6) is 0 Å². The Morgan fingerprint density at radius 1 is 1.31 bits per heavy atom. The number of likely N-dealkylation sites (N-methyl/N-ethyl adjacent to an activating group) is 1. The van der Waals surface area contributed by atoms with Gasteiger partial charge < -0.3 is 5.11 Å². The lowest BCUT2D eigenvalue weighted by Crippen LogP contribution is -2.44. The van der Waals surface area contributed by atoms with Gasteiger partial charge in [0.25, 0.3) is 0 Å². The van der Waals surface area contributed by atoms with E-state index >= 15 is 0 Å². The van der Waals surface area contributed by atoms with Gasteiger partial charge in [-0.05, 0) is 19.0 Å². The summed E-state index contributed by atoms with van der Waals surface area (Å²) >= 11 is 0. The van der Waals surface area contributed by atoms with Crippen LogP contribution < -0.4 is 5.32 Å². The average Bonchev–Trinajstić information content (AvgIpc) is 2.19. The Kier molecular flexibility index (Phi) is 3.46. The van der Waals surface area contributed by atoms with E-state index in [4.69, 9.17) is 0 Å². The van der Waals surface area contributed by atoms with Gasteiger partial charge in [0.05, 0.1) is 0 Å². The van der Waals surface area contributed by atoms with E-state index in [9.17, 15) is 5.11 Å². The zero-order chi connectivity index (χ0) is 9.73.